The summed E-state index contributed by atoms with van der Waals surface area (Å²) in [5, 5.41) is 11.3. The number of hydrogen-bond acceptors (Lipinski definition) is 7. The van der Waals surface area contributed by atoms with Crippen molar-refractivity contribution in [3.63, 3.8) is 0 Å². The van der Waals surface area contributed by atoms with E-state index >= 15 is 0 Å². The van der Waals surface area contributed by atoms with Crippen LogP contribution in [0.2, 0.25) is 0 Å². The second kappa shape index (κ2) is 8.13. The van der Waals surface area contributed by atoms with Crippen LogP contribution in [0, 0.1) is 12.3 Å². The van der Waals surface area contributed by atoms with Crippen molar-refractivity contribution in [3.8, 4) is 29.4 Å². The van der Waals surface area contributed by atoms with Crippen LogP contribution < -0.4 is 15.0 Å². The zero-order valence-electron chi connectivity index (χ0n) is 14.3. The summed E-state index contributed by atoms with van der Waals surface area (Å²) in [6, 6.07) is 5.46. The molecule has 0 amide bonds. The van der Waals surface area contributed by atoms with Crippen molar-refractivity contribution >= 4 is 11.8 Å². The van der Waals surface area contributed by atoms with Crippen LogP contribution in [0.3, 0.4) is 0 Å². The van der Waals surface area contributed by atoms with E-state index in [1.54, 1.807) is 13.1 Å². The lowest BCUT2D eigenvalue weighted by Gasteiger charge is -2.18. The Kier molecular flexibility index (Phi) is 5.93. The van der Waals surface area contributed by atoms with Gasteiger partial charge in [0.2, 0.25) is 5.95 Å². The third kappa shape index (κ3) is 3.91. The van der Waals surface area contributed by atoms with Gasteiger partial charge in [0.25, 0.3) is 0 Å². The summed E-state index contributed by atoms with van der Waals surface area (Å²) in [6.45, 7) is 2.59. The monoisotopic (exact) mass is 327 g/mol. The summed E-state index contributed by atoms with van der Waals surface area (Å²) in [4.78, 5) is 6.33. The van der Waals surface area contributed by atoms with Gasteiger partial charge in [0.15, 0.2) is 12.6 Å². The van der Waals surface area contributed by atoms with Gasteiger partial charge in [0, 0.05) is 38.9 Å². The van der Waals surface area contributed by atoms with Gasteiger partial charge in [-0.2, -0.15) is 4.98 Å². The summed E-state index contributed by atoms with van der Waals surface area (Å²) in [7, 11) is 5.53. The number of rotatable bonds is 7. The van der Waals surface area contributed by atoms with Gasteiger partial charge in [-0.1, -0.05) is 5.92 Å². The fourth-order valence-corrected chi connectivity index (χ4v) is 2.03. The molecule has 0 fully saturated rings. The predicted octanol–water partition coefficient (Wildman–Crippen LogP) is 2.00. The minimum Gasteiger partial charge on any atom is -0.467 e. The summed E-state index contributed by atoms with van der Waals surface area (Å²) in [6.07, 6.45) is 5.48. The molecule has 1 heterocycles. The van der Waals surface area contributed by atoms with Gasteiger partial charge in [-0.25, -0.2) is 0 Å². The lowest BCUT2D eigenvalue weighted by Crippen LogP contribution is -2.15. The van der Waals surface area contributed by atoms with Crippen LogP contribution in [0.4, 0.5) is 11.8 Å². The minimum atomic E-state index is 0.129. The first-order chi connectivity index (χ1) is 11.6. The van der Waals surface area contributed by atoms with Crippen molar-refractivity contribution in [3.05, 3.63) is 23.8 Å². The van der Waals surface area contributed by atoms with Crippen molar-refractivity contribution in [2.24, 2.45) is 0 Å². The Morgan fingerprint density at radius 1 is 1.29 bits per heavy atom. The number of anilines is 2. The molecule has 0 saturated heterocycles. The molecule has 0 unspecified atom stereocenters. The summed E-state index contributed by atoms with van der Waals surface area (Å²) in [5.74, 6) is 4.29. The van der Waals surface area contributed by atoms with E-state index in [2.05, 4.69) is 26.4 Å². The van der Waals surface area contributed by atoms with Crippen LogP contribution in [-0.2, 0) is 4.74 Å². The van der Waals surface area contributed by atoms with Crippen molar-refractivity contribution < 1.29 is 9.47 Å². The lowest BCUT2D eigenvalue weighted by molar-refractivity contribution is 0.0227. The Morgan fingerprint density at radius 2 is 2.08 bits per heavy atom. The third-order valence-corrected chi connectivity index (χ3v) is 3.22. The molecule has 0 aliphatic heterocycles. The van der Waals surface area contributed by atoms with Crippen LogP contribution in [0.25, 0.3) is 11.3 Å². The molecule has 0 aliphatic rings. The topological polar surface area (TPSA) is 72.4 Å². The minimum absolute atomic E-state index is 0.129. The molecular weight excluding hydrogens is 306 g/mol. The molecular formula is C17H21N5O2. The molecule has 0 spiro atoms. The molecule has 126 valence electrons. The number of benzene rings is 1. The van der Waals surface area contributed by atoms with Crippen molar-refractivity contribution in [1.29, 1.82) is 0 Å². The Bertz CT molecular complexity index is 740. The first-order valence-electron chi connectivity index (χ1n) is 7.52. The van der Waals surface area contributed by atoms with Gasteiger partial charge < -0.3 is 19.7 Å². The summed E-state index contributed by atoms with van der Waals surface area (Å²) >= 11 is 0. The number of aromatic nitrogens is 3. The molecule has 0 atom stereocenters. The number of terminal acetylenes is 1. The fourth-order valence-electron chi connectivity index (χ4n) is 2.03. The molecule has 2 aromatic rings. The van der Waals surface area contributed by atoms with E-state index in [1.807, 2.05) is 38.1 Å². The average Bonchev–Trinajstić information content (AvgIpc) is 2.61. The second-order valence-electron chi connectivity index (χ2n) is 5.06. The quantitative estimate of drug-likeness (QED) is 0.474. The third-order valence-electron chi connectivity index (χ3n) is 3.22. The van der Waals surface area contributed by atoms with E-state index in [1.165, 1.54) is 0 Å². The summed E-state index contributed by atoms with van der Waals surface area (Å²) in [5.41, 5.74) is 2.07. The van der Waals surface area contributed by atoms with Crippen LogP contribution in [0.5, 0.6) is 5.75 Å². The molecule has 0 bridgehead atoms. The van der Waals surface area contributed by atoms with Gasteiger partial charge in [-0.3, -0.25) is 0 Å². The smallest absolute Gasteiger partial charge is 0.244 e. The first-order valence-corrected chi connectivity index (χ1v) is 7.52. The number of hydrogen-bond donors (Lipinski definition) is 1. The van der Waals surface area contributed by atoms with Gasteiger partial charge in [-0.15, -0.1) is 16.6 Å². The number of nitrogens with zero attached hydrogens (tertiary/aromatic N) is 4. The zero-order chi connectivity index (χ0) is 17.5. The molecule has 0 radical (unpaired) electrons. The molecule has 7 heteroatoms. The highest BCUT2D eigenvalue weighted by Crippen LogP contribution is 2.34. The van der Waals surface area contributed by atoms with Crippen LogP contribution in [0.15, 0.2) is 18.2 Å². The molecule has 1 N–H and O–H groups in total. The Labute approximate surface area is 142 Å². The summed E-state index contributed by atoms with van der Waals surface area (Å²) < 4.78 is 11.0. The van der Waals surface area contributed by atoms with E-state index < -0.39 is 0 Å². The molecule has 2 rings (SSSR count). The highest BCUT2D eigenvalue weighted by atomic mass is 16.7. The first kappa shape index (κ1) is 17.5. The molecule has 1 aromatic heterocycles. The largest absolute Gasteiger partial charge is 0.467 e. The maximum absolute atomic E-state index is 5.72. The highest BCUT2D eigenvalue weighted by Gasteiger charge is 2.17. The number of nitrogens with one attached hydrogen (secondary N) is 1. The van der Waals surface area contributed by atoms with Gasteiger partial charge in [0.05, 0.1) is 0 Å². The lowest BCUT2D eigenvalue weighted by atomic mass is 10.1. The standard InChI is InChI=1S/C17H21N5O2/c1-6-12-8-9-13(14(10-12)24-11-23-7-2)15-16(22(4)5)19-17(18-3)21-20-15/h1,8-10H,7,11H2,2-5H3,(H,18,19,21). The Hall–Kier alpha value is -2.85. The van der Waals surface area contributed by atoms with Crippen molar-refractivity contribution in [1.82, 2.24) is 15.2 Å². The van der Waals surface area contributed by atoms with Crippen molar-refractivity contribution in [2.45, 2.75) is 6.92 Å². The highest BCUT2D eigenvalue weighted by molar-refractivity contribution is 5.77. The predicted molar refractivity (Wildman–Crippen MR) is 94.2 cm³/mol. The Morgan fingerprint density at radius 3 is 2.71 bits per heavy atom. The maximum atomic E-state index is 5.72. The zero-order valence-corrected chi connectivity index (χ0v) is 14.3. The van der Waals surface area contributed by atoms with Crippen molar-refractivity contribution in [2.75, 3.05) is 44.8 Å². The molecule has 7 nitrogen and oxygen atoms in total. The molecule has 0 saturated carbocycles. The molecule has 1 aromatic carbocycles. The second-order valence-corrected chi connectivity index (χ2v) is 5.06. The normalized spacial score (nSPS) is 10.1. The maximum Gasteiger partial charge on any atom is 0.244 e. The average molecular weight is 327 g/mol. The molecule has 24 heavy (non-hydrogen) atoms. The van der Waals surface area contributed by atoms with E-state index in [-0.39, 0.29) is 6.79 Å². The fraction of sp³-hybridized carbons (Fsp3) is 0.353. The Balaban J connectivity index is 2.52. The SMILES string of the molecule is C#Cc1ccc(-c2nnc(NC)nc2N(C)C)c(OCOCC)c1. The van der Waals surface area contributed by atoms with Crippen LogP contribution >= 0.6 is 0 Å². The number of ether oxygens (including phenoxy) is 2. The van der Waals surface area contributed by atoms with E-state index in [0.29, 0.717) is 35.4 Å². The van der Waals surface area contributed by atoms with E-state index in [0.717, 1.165) is 5.56 Å². The van der Waals surface area contributed by atoms with E-state index in [4.69, 9.17) is 15.9 Å². The van der Waals surface area contributed by atoms with Gasteiger partial charge in [-0.05, 0) is 25.1 Å². The van der Waals surface area contributed by atoms with Gasteiger partial charge >= 0.3 is 0 Å². The van der Waals surface area contributed by atoms with Gasteiger partial charge in [0.1, 0.15) is 11.4 Å². The molecule has 0 aliphatic carbocycles. The van der Waals surface area contributed by atoms with Crippen LogP contribution in [-0.4, -0.2) is 49.7 Å². The van der Waals surface area contributed by atoms with Crippen LogP contribution in [0.1, 0.15) is 12.5 Å². The van der Waals surface area contributed by atoms with E-state index in [9.17, 15) is 0 Å².